The molecule has 0 bridgehead atoms. The normalized spacial score (nSPS) is 12.5. The predicted molar refractivity (Wildman–Crippen MR) is 71.7 cm³/mol. The van der Waals surface area contributed by atoms with Crippen LogP contribution < -0.4 is 11.3 Å². The van der Waals surface area contributed by atoms with Gasteiger partial charge in [0.15, 0.2) is 0 Å². The molecule has 0 aliphatic rings. The van der Waals surface area contributed by atoms with Crippen LogP contribution in [0.3, 0.4) is 0 Å². The van der Waals surface area contributed by atoms with Gasteiger partial charge in [0.2, 0.25) is 0 Å². The summed E-state index contributed by atoms with van der Waals surface area (Å²) in [6, 6.07) is 8.14. The van der Waals surface area contributed by atoms with Crippen molar-refractivity contribution in [3.05, 3.63) is 69.7 Å². The van der Waals surface area contributed by atoms with E-state index in [0.717, 1.165) is 17.2 Å². The maximum Gasteiger partial charge on any atom is 0.131 e. The molecule has 0 heterocycles. The van der Waals surface area contributed by atoms with Gasteiger partial charge >= 0.3 is 0 Å². The minimum absolute atomic E-state index is 0.269. The summed E-state index contributed by atoms with van der Waals surface area (Å²) < 4.78 is 26.7. The number of aryl methyl sites for hydroxylation is 1. The fourth-order valence-electron chi connectivity index (χ4n) is 2.03. The second-order valence-corrected chi connectivity index (χ2v) is 4.76. The summed E-state index contributed by atoms with van der Waals surface area (Å²) in [6.45, 7) is 1.88. The first-order chi connectivity index (χ1) is 9.01. The minimum Gasteiger partial charge on any atom is -0.271 e. The number of nitrogens with two attached hydrogens (primary N) is 1. The van der Waals surface area contributed by atoms with Gasteiger partial charge in [0.05, 0.1) is 6.04 Å². The van der Waals surface area contributed by atoms with Gasteiger partial charge in [-0.2, -0.15) is 0 Å². The second-order valence-electron chi connectivity index (χ2n) is 4.33. The molecule has 2 aromatic carbocycles. The van der Waals surface area contributed by atoms with E-state index in [2.05, 4.69) is 5.43 Å². The van der Waals surface area contributed by atoms with E-state index in [9.17, 15) is 8.78 Å². The average molecular weight is 283 g/mol. The molecule has 100 valence electrons. The monoisotopic (exact) mass is 282 g/mol. The Morgan fingerprint density at radius 3 is 2.47 bits per heavy atom. The Morgan fingerprint density at radius 2 is 1.89 bits per heavy atom. The highest BCUT2D eigenvalue weighted by Crippen LogP contribution is 2.27. The Balaban J connectivity index is 2.49. The zero-order chi connectivity index (χ0) is 14.0. The van der Waals surface area contributed by atoms with Crippen LogP contribution in [0.1, 0.15) is 22.7 Å². The number of benzene rings is 2. The molecule has 1 unspecified atom stereocenters. The van der Waals surface area contributed by atoms with E-state index in [-0.39, 0.29) is 5.56 Å². The van der Waals surface area contributed by atoms with Gasteiger partial charge in [0.25, 0.3) is 0 Å². The fraction of sp³-hybridized carbons (Fsp3) is 0.143. The van der Waals surface area contributed by atoms with Crippen molar-refractivity contribution in [1.29, 1.82) is 0 Å². The summed E-state index contributed by atoms with van der Waals surface area (Å²) in [4.78, 5) is 0. The van der Waals surface area contributed by atoms with Crippen LogP contribution in [0.4, 0.5) is 8.78 Å². The molecule has 3 N–H and O–H groups in total. The molecule has 19 heavy (non-hydrogen) atoms. The molecular weight excluding hydrogens is 270 g/mol. The van der Waals surface area contributed by atoms with Crippen molar-refractivity contribution in [2.45, 2.75) is 13.0 Å². The molecule has 0 saturated carbocycles. The molecular formula is C14H13ClF2N2. The van der Waals surface area contributed by atoms with Crippen molar-refractivity contribution in [2.75, 3.05) is 0 Å². The predicted octanol–water partition coefficient (Wildman–Crippen LogP) is 3.48. The van der Waals surface area contributed by atoms with E-state index in [0.29, 0.717) is 5.02 Å². The van der Waals surface area contributed by atoms with Gasteiger partial charge in [-0.25, -0.2) is 14.2 Å². The summed E-state index contributed by atoms with van der Waals surface area (Å²) in [5.41, 5.74) is 4.45. The molecule has 0 aliphatic heterocycles. The number of nitrogens with one attached hydrogen (secondary N) is 1. The highest BCUT2D eigenvalue weighted by atomic mass is 35.5. The van der Waals surface area contributed by atoms with Crippen LogP contribution in [0.25, 0.3) is 0 Å². The maximum absolute atomic E-state index is 13.8. The van der Waals surface area contributed by atoms with Crippen molar-refractivity contribution in [3.63, 3.8) is 0 Å². The molecule has 0 spiro atoms. The second kappa shape index (κ2) is 5.65. The number of halogens is 3. The van der Waals surface area contributed by atoms with Gasteiger partial charge in [0, 0.05) is 16.7 Å². The lowest BCUT2D eigenvalue weighted by molar-refractivity contribution is 0.541. The molecule has 0 saturated heterocycles. The largest absolute Gasteiger partial charge is 0.271 e. The zero-order valence-electron chi connectivity index (χ0n) is 10.3. The van der Waals surface area contributed by atoms with Crippen molar-refractivity contribution < 1.29 is 8.78 Å². The van der Waals surface area contributed by atoms with Gasteiger partial charge in [-0.1, -0.05) is 23.7 Å². The first-order valence-corrected chi connectivity index (χ1v) is 6.07. The minimum atomic E-state index is -0.652. The summed E-state index contributed by atoms with van der Waals surface area (Å²) >= 11 is 5.98. The van der Waals surface area contributed by atoms with Crippen LogP contribution in [-0.4, -0.2) is 0 Å². The summed E-state index contributed by atoms with van der Waals surface area (Å²) in [5, 5.41) is 0.540. The molecule has 5 heteroatoms. The van der Waals surface area contributed by atoms with E-state index in [4.69, 9.17) is 17.4 Å². The van der Waals surface area contributed by atoms with Crippen LogP contribution >= 0.6 is 11.6 Å². The molecule has 0 radical (unpaired) electrons. The number of hydrazine groups is 1. The summed E-state index contributed by atoms with van der Waals surface area (Å²) in [5.74, 6) is 4.21. The lowest BCUT2D eigenvalue weighted by Crippen LogP contribution is -2.29. The first-order valence-electron chi connectivity index (χ1n) is 5.69. The number of hydrogen-bond acceptors (Lipinski definition) is 2. The van der Waals surface area contributed by atoms with E-state index in [1.807, 2.05) is 13.0 Å². The molecule has 1 atom stereocenters. The van der Waals surface area contributed by atoms with Gasteiger partial charge < -0.3 is 0 Å². The zero-order valence-corrected chi connectivity index (χ0v) is 11.0. The Labute approximate surface area is 115 Å². The van der Waals surface area contributed by atoms with Gasteiger partial charge in [-0.3, -0.25) is 5.84 Å². The van der Waals surface area contributed by atoms with Crippen LogP contribution in [0.2, 0.25) is 5.02 Å². The highest BCUT2D eigenvalue weighted by Gasteiger charge is 2.17. The number of hydrogen-bond donors (Lipinski definition) is 2. The van der Waals surface area contributed by atoms with Gasteiger partial charge in [-0.15, -0.1) is 0 Å². The first kappa shape index (κ1) is 13.9. The van der Waals surface area contributed by atoms with Crippen molar-refractivity contribution in [3.8, 4) is 0 Å². The summed E-state index contributed by atoms with van der Waals surface area (Å²) in [7, 11) is 0. The summed E-state index contributed by atoms with van der Waals surface area (Å²) in [6.07, 6.45) is 0. The van der Waals surface area contributed by atoms with Crippen molar-refractivity contribution in [1.82, 2.24) is 5.43 Å². The van der Waals surface area contributed by atoms with Crippen molar-refractivity contribution >= 4 is 11.6 Å². The van der Waals surface area contributed by atoms with Gasteiger partial charge in [-0.05, 0) is 36.2 Å². The van der Waals surface area contributed by atoms with E-state index < -0.39 is 17.7 Å². The highest BCUT2D eigenvalue weighted by molar-refractivity contribution is 6.30. The quantitative estimate of drug-likeness (QED) is 0.668. The standard InChI is InChI=1S/C14H13ClF2N2/c1-8-4-9(6-10(15)5-8)14(19-18)12-3-2-11(16)7-13(12)17/h2-7,14,19H,18H2,1H3. The molecule has 2 nitrogen and oxygen atoms in total. The van der Waals surface area contributed by atoms with Crippen molar-refractivity contribution in [2.24, 2.45) is 5.84 Å². The lowest BCUT2D eigenvalue weighted by atomic mass is 9.97. The molecule has 0 amide bonds. The molecule has 0 aromatic heterocycles. The van der Waals surface area contributed by atoms with E-state index >= 15 is 0 Å². The smallest absolute Gasteiger partial charge is 0.131 e. The maximum atomic E-state index is 13.8. The van der Waals surface area contributed by atoms with Crippen LogP contribution in [0.5, 0.6) is 0 Å². The van der Waals surface area contributed by atoms with E-state index in [1.54, 1.807) is 12.1 Å². The fourth-order valence-corrected chi connectivity index (χ4v) is 2.33. The van der Waals surface area contributed by atoms with Gasteiger partial charge in [0.1, 0.15) is 11.6 Å². The number of rotatable bonds is 3. The Kier molecular flexibility index (Phi) is 4.14. The third-order valence-corrected chi connectivity index (χ3v) is 3.06. The molecule has 0 fully saturated rings. The third-order valence-electron chi connectivity index (χ3n) is 2.84. The molecule has 2 rings (SSSR count). The van der Waals surface area contributed by atoms with Crippen LogP contribution in [0, 0.1) is 18.6 Å². The Hall–Kier alpha value is -1.49. The third kappa shape index (κ3) is 3.10. The topological polar surface area (TPSA) is 38.0 Å². The average Bonchev–Trinajstić information content (AvgIpc) is 2.31. The SMILES string of the molecule is Cc1cc(Cl)cc(C(NN)c2ccc(F)cc2F)c1. The van der Waals surface area contributed by atoms with E-state index in [1.165, 1.54) is 12.1 Å². The Morgan fingerprint density at radius 1 is 1.16 bits per heavy atom. The molecule has 2 aromatic rings. The lowest BCUT2D eigenvalue weighted by Gasteiger charge is -2.18. The molecule has 0 aliphatic carbocycles. The van der Waals surface area contributed by atoms with Crippen LogP contribution in [0.15, 0.2) is 36.4 Å². The Bertz CT molecular complexity index is 582. The van der Waals surface area contributed by atoms with Crippen LogP contribution in [-0.2, 0) is 0 Å².